The Balaban J connectivity index is 2.43. The molecule has 22 heavy (non-hydrogen) atoms. The molecule has 0 aliphatic carbocycles. The fourth-order valence-corrected chi connectivity index (χ4v) is 2.61. The predicted octanol–water partition coefficient (Wildman–Crippen LogP) is 4.17. The molecule has 3 nitrogen and oxygen atoms in total. The van der Waals surface area contributed by atoms with E-state index in [-0.39, 0.29) is 11.2 Å². The largest absolute Gasteiger partial charge is 0.496 e. The molecular formula is C18H15FO3. The third-order valence-corrected chi connectivity index (χ3v) is 3.61. The number of methoxy groups -OCH3 is 1. The van der Waals surface area contributed by atoms with Gasteiger partial charge in [0.05, 0.1) is 12.7 Å². The zero-order chi connectivity index (χ0) is 15.7. The summed E-state index contributed by atoms with van der Waals surface area (Å²) >= 11 is 0. The maximum absolute atomic E-state index is 13.5. The van der Waals surface area contributed by atoms with Gasteiger partial charge in [0.1, 0.15) is 28.3 Å². The van der Waals surface area contributed by atoms with Crippen LogP contribution in [0.5, 0.6) is 5.75 Å². The number of rotatable bonds is 3. The lowest BCUT2D eigenvalue weighted by Gasteiger charge is -2.11. The van der Waals surface area contributed by atoms with Gasteiger partial charge in [-0.3, -0.25) is 4.79 Å². The number of benzene rings is 2. The Morgan fingerprint density at radius 1 is 1.18 bits per heavy atom. The van der Waals surface area contributed by atoms with Gasteiger partial charge in [0, 0.05) is 6.42 Å². The first-order chi connectivity index (χ1) is 10.7. The summed E-state index contributed by atoms with van der Waals surface area (Å²) in [6, 6.07) is 11.2. The smallest absolute Gasteiger partial charge is 0.204 e. The van der Waals surface area contributed by atoms with Crippen LogP contribution in [0.1, 0.15) is 12.7 Å². The third-order valence-electron chi connectivity index (χ3n) is 3.61. The van der Waals surface area contributed by atoms with Crippen LogP contribution in [0.3, 0.4) is 0 Å². The maximum atomic E-state index is 13.5. The van der Waals surface area contributed by atoms with Crippen LogP contribution in [-0.2, 0) is 6.42 Å². The van der Waals surface area contributed by atoms with Gasteiger partial charge < -0.3 is 9.15 Å². The molecule has 0 saturated heterocycles. The molecule has 112 valence electrons. The average Bonchev–Trinajstić information content (AvgIpc) is 2.53. The summed E-state index contributed by atoms with van der Waals surface area (Å²) in [6.45, 7) is 1.90. The molecule has 1 heterocycles. The molecule has 0 fully saturated rings. The highest BCUT2D eigenvalue weighted by Gasteiger charge is 2.18. The van der Waals surface area contributed by atoms with Crippen molar-refractivity contribution in [1.82, 2.24) is 0 Å². The topological polar surface area (TPSA) is 39.4 Å². The van der Waals surface area contributed by atoms with Gasteiger partial charge in [-0.25, -0.2) is 4.39 Å². The van der Waals surface area contributed by atoms with E-state index in [2.05, 4.69) is 0 Å². The molecular weight excluding hydrogens is 283 g/mol. The summed E-state index contributed by atoms with van der Waals surface area (Å²) in [4.78, 5) is 12.9. The number of halogens is 1. The lowest BCUT2D eigenvalue weighted by atomic mass is 10.0. The van der Waals surface area contributed by atoms with Crippen molar-refractivity contribution < 1.29 is 13.5 Å². The van der Waals surface area contributed by atoms with Crippen molar-refractivity contribution >= 4 is 11.0 Å². The maximum Gasteiger partial charge on any atom is 0.204 e. The van der Waals surface area contributed by atoms with E-state index >= 15 is 0 Å². The van der Waals surface area contributed by atoms with Crippen molar-refractivity contribution in [2.45, 2.75) is 13.3 Å². The number of aryl methyl sites for hydroxylation is 1. The van der Waals surface area contributed by atoms with E-state index in [1.807, 2.05) is 6.92 Å². The minimum atomic E-state index is -0.390. The Hall–Kier alpha value is -2.62. The van der Waals surface area contributed by atoms with Crippen LogP contribution in [0.15, 0.2) is 51.7 Å². The van der Waals surface area contributed by atoms with E-state index in [4.69, 9.17) is 9.15 Å². The molecule has 0 spiro atoms. The van der Waals surface area contributed by atoms with Crippen LogP contribution in [0.25, 0.3) is 22.1 Å². The predicted molar refractivity (Wildman–Crippen MR) is 83.8 cm³/mol. The molecule has 0 aliphatic rings. The molecule has 0 amide bonds. The second kappa shape index (κ2) is 5.64. The number of hydrogen-bond acceptors (Lipinski definition) is 3. The molecule has 0 bridgehead atoms. The summed E-state index contributed by atoms with van der Waals surface area (Å²) in [6.07, 6.45) is 0.536. The molecule has 4 heteroatoms. The Kier molecular flexibility index (Phi) is 3.67. The van der Waals surface area contributed by atoms with E-state index in [0.29, 0.717) is 40.0 Å². The van der Waals surface area contributed by atoms with Gasteiger partial charge in [-0.2, -0.15) is 0 Å². The van der Waals surface area contributed by atoms with Crippen molar-refractivity contribution in [3.05, 3.63) is 64.3 Å². The fourth-order valence-electron chi connectivity index (χ4n) is 2.61. The first kappa shape index (κ1) is 14.3. The van der Waals surface area contributed by atoms with Crippen molar-refractivity contribution in [1.29, 1.82) is 0 Å². The van der Waals surface area contributed by atoms with Gasteiger partial charge in [-0.05, 0) is 29.8 Å². The number of hydrogen-bond donors (Lipinski definition) is 0. The Labute approximate surface area is 127 Å². The zero-order valence-corrected chi connectivity index (χ0v) is 12.4. The first-order valence-electron chi connectivity index (χ1n) is 7.04. The molecule has 2 aromatic carbocycles. The first-order valence-corrected chi connectivity index (χ1v) is 7.04. The minimum absolute atomic E-state index is 0.207. The SMILES string of the molecule is CCc1oc2cccc(OC)c2c(=O)c1-c1cccc(F)c1. The Morgan fingerprint density at radius 2 is 1.95 bits per heavy atom. The third kappa shape index (κ3) is 2.26. The average molecular weight is 298 g/mol. The van der Waals surface area contributed by atoms with Crippen LogP contribution in [0.4, 0.5) is 4.39 Å². The highest BCUT2D eigenvalue weighted by atomic mass is 19.1. The molecule has 0 radical (unpaired) electrons. The highest BCUT2D eigenvalue weighted by Crippen LogP contribution is 2.29. The van der Waals surface area contributed by atoms with Crippen molar-refractivity contribution in [2.75, 3.05) is 7.11 Å². The number of ether oxygens (including phenoxy) is 1. The van der Waals surface area contributed by atoms with Crippen LogP contribution in [0.2, 0.25) is 0 Å². The van der Waals surface area contributed by atoms with E-state index < -0.39 is 0 Å². The summed E-state index contributed by atoms with van der Waals surface area (Å²) in [5.41, 5.74) is 1.17. The Morgan fingerprint density at radius 3 is 2.64 bits per heavy atom. The lowest BCUT2D eigenvalue weighted by Crippen LogP contribution is -2.10. The van der Waals surface area contributed by atoms with E-state index in [9.17, 15) is 9.18 Å². The molecule has 0 atom stereocenters. The van der Waals surface area contributed by atoms with Gasteiger partial charge in [-0.1, -0.05) is 25.1 Å². The molecule has 0 unspecified atom stereocenters. The summed E-state index contributed by atoms with van der Waals surface area (Å²) in [5, 5.41) is 0.376. The van der Waals surface area contributed by atoms with E-state index in [1.54, 1.807) is 30.3 Å². The van der Waals surface area contributed by atoms with Crippen LogP contribution >= 0.6 is 0 Å². The van der Waals surface area contributed by atoms with Crippen molar-refractivity contribution in [2.24, 2.45) is 0 Å². The Bertz CT molecular complexity index is 896. The lowest BCUT2D eigenvalue weighted by molar-refractivity contribution is 0.418. The van der Waals surface area contributed by atoms with Crippen LogP contribution in [-0.4, -0.2) is 7.11 Å². The van der Waals surface area contributed by atoms with Crippen molar-refractivity contribution in [3.63, 3.8) is 0 Å². The normalized spacial score (nSPS) is 10.9. The van der Waals surface area contributed by atoms with Gasteiger partial charge in [0.2, 0.25) is 5.43 Å². The van der Waals surface area contributed by atoms with Gasteiger partial charge in [0.25, 0.3) is 0 Å². The molecule has 0 aliphatic heterocycles. The second-order valence-electron chi connectivity index (χ2n) is 4.93. The van der Waals surface area contributed by atoms with E-state index in [1.165, 1.54) is 19.2 Å². The van der Waals surface area contributed by atoms with Gasteiger partial charge in [0.15, 0.2) is 0 Å². The quantitative estimate of drug-likeness (QED) is 0.728. The van der Waals surface area contributed by atoms with E-state index in [0.717, 1.165) is 0 Å². The molecule has 3 aromatic rings. The molecule has 0 N–H and O–H groups in total. The minimum Gasteiger partial charge on any atom is -0.496 e. The standard InChI is InChI=1S/C18H15FO3/c1-3-13-16(11-6-4-7-12(19)10-11)18(20)17-14(21-2)8-5-9-15(17)22-13/h4-10H,3H2,1-2H3. The monoisotopic (exact) mass is 298 g/mol. The molecule has 1 aromatic heterocycles. The second-order valence-corrected chi connectivity index (χ2v) is 4.93. The van der Waals surface area contributed by atoms with Gasteiger partial charge in [-0.15, -0.1) is 0 Å². The number of fused-ring (bicyclic) bond motifs is 1. The summed E-state index contributed by atoms with van der Waals surface area (Å²) < 4.78 is 24.6. The van der Waals surface area contributed by atoms with Gasteiger partial charge >= 0.3 is 0 Å². The summed E-state index contributed by atoms with van der Waals surface area (Å²) in [7, 11) is 1.50. The van der Waals surface area contributed by atoms with Crippen LogP contribution in [0, 0.1) is 5.82 Å². The van der Waals surface area contributed by atoms with Crippen molar-refractivity contribution in [3.8, 4) is 16.9 Å². The fraction of sp³-hybridized carbons (Fsp3) is 0.167. The highest BCUT2D eigenvalue weighted by molar-refractivity contribution is 5.87. The zero-order valence-electron chi connectivity index (χ0n) is 12.4. The molecule has 3 rings (SSSR count). The molecule has 0 saturated carbocycles. The van der Waals surface area contributed by atoms with Crippen LogP contribution < -0.4 is 10.2 Å². The summed E-state index contributed by atoms with van der Waals surface area (Å²) in [5.74, 6) is 0.599.